The fourth-order valence-electron chi connectivity index (χ4n) is 1.70. The summed E-state index contributed by atoms with van der Waals surface area (Å²) in [6, 6.07) is 6.28. The van der Waals surface area contributed by atoms with Crippen LogP contribution >= 0.6 is 0 Å². The minimum atomic E-state index is 0.193. The maximum absolute atomic E-state index is 5.65. The van der Waals surface area contributed by atoms with Crippen molar-refractivity contribution >= 4 is 5.70 Å². The van der Waals surface area contributed by atoms with Crippen molar-refractivity contribution in [3.63, 3.8) is 0 Å². The Hall–Kier alpha value is -1.24. The van der Waals surface area contributed by atoms with E-state index < -0.39 is 0 Å². The van der Waals surface area contributed by atoms with E-state index in [0.717, 1.165) is 5.56 Å². The summed E-state index contributed by atoms with van der Waals surface area (Å²) in [5, 5.41) is 0. The molecule has 1 aromatic carbocycles. The molecule has 1 aromatic rings. The molecule has 0 amide bonds. The number of nitrogens with two attached hydrogens (primary N) is 1. The normalized spacial score (nSPS) is 11.4. The van der Waals surface area contributed by atoms with E-state index in [-0.39, 0.29) is 5.41 Å². The smallest absolute Gasteiger partial charge is 0.0314 e. The average molecular weight is 189 g/mol. The minimum Gasteiger partial charge on any atom is -0.399 e. The molecule has 0 aromatic heterocycles. The molecule has 0 aliphatic rings. The van der Waals surface area contributed by atoms with Crippen LogP contribution in [-0.4, -0.2) is 0 Å². The van der Waals surface area contributed by atoms with Crippen LogP contribution in [0.15, 0.2) is 24.8 Å². The van der Waals surface area contributed by atoms with Crippen LogP contribution in [0.2, 0.25) is 0 Å². The average Bonchev–Trinajstić information content (AvgIpc) is 2.01. The van der Waals surface area contributed by atoms with Crippen molar-refractivity contribution in [2.75, 3.05) is 0 Å². The van der Waals surface area contributed by atoms with Gasteiger partial charge < -0.3 is 5.73 Å². The molecule has 1 rings (SSSR count). The molecule has 14 heavy (non-hydrogen) atoms. The maximum atomic E-state index is 5.65. The van der Waals surface area contributed by atoms with Gasteiger partial charge in [0, 0.05) is 5.70 Å². The Morgan fingerprint density at radius 3 is 2.21 bits per heavy atom. The highest BCUT2D eigenvalue weighted by Gasteiger charge is 2.15. The van der Waals surface area contributed by atoms with E-state index in [4.69, 9.17) is 5.73 Å². The first-order chi connectivity index (χ1) is 6.32. The van der Waals surface area contributed by atoms with Crippen LogP contribution in [0.5, 0.6) is 0 Å². The van der Waals surface area contributed by atoms with Crippen molar-refractivity contribution in [2.24, 2.45) is 5.73 Å². The van der Waals surface area contributed by atoms with Crippen molar-refractivity contribution in [1.82, 2.24) is 0 Å². The molecule has 0 saturated carbocycles. The van der Waals surface area contributed by atoms with E-state index in [2.05, 4.69) is 46.4 Å². The van der Waals surface area contributed by atoms with Gasteiger partial charge >= 0.3 is 0 Å². The molecule has 0 aliphatic heterocycles. The van der Waals surface area contributed by atoms with E-state index >= 15 is 0 Å². The highest BCUT2D eigenvalue weighted by atomic mass is 14.6. The summed E-state index contributed by atoms with van der Waals surface area (Å²) >= 11 is 0. The van der Waals surface area contributed by atoms with Crippen LogP contribution in [-0.2, 0) is 5.41 Å². The van der Waals surface area contributed by atoms with Gasteiger partial charge in [-0.25, -0.2) is 0 Å². The fourth-order valence-corrected chi connectivity index (χ4v) is 1.70. The molecular weight excluding hydrogens is 170 g/mol. The lowest BCUT2D eigenvalue weighted by Crippen LogP contribution is -2.13. The Kier molecular flexibility index (Phi) is 2.70. The topological polar surface area (TPSA) is 26.0 Å². The van der Waals surface area contributed by atoms with Crippen molar-refractivity contribution in [1.29, 1.82) is 0 Å². The third kappa shape index (κ3) is 2.16. The third-order valence-electron chi connectivity index (χ3n) is 2.41. The molecule has 0 aliphatic carbocycles. The molecule has 1 nitrogen and oxygen atoms in total. The van der Waals surface area contributed by atoms with Gasteiger partial charge in [-0.1, -0.05) is 39.5 Å². The van der Waals surface area contributed by atoms with E-state index in [1.807, 2.05) is 6.07 Å². The largest absolute Gasteiger partial charge is 0.399 e. The van der Waals surface area contributed by atoms with Gasteiger partial charge in [0.15, 0.2) is 0 Å². The third-order valence-corrected chi connectivity index (χ3v) is 2.41. The summed E-state index contributed by atoms with van der Waals surface area (Å²) in [5.74, 6) is 0. The molecule has 0 saturated heterocycles. The number of benzene rings is 1. The predicted molar refractivity (Wildman–Crippen MR) is 63.1 cm³/mol. The van der Waals surface area contributed by atoms with Crippen molar-refractivity contribution in [2.45, 2.75) is 33.1 Å². The van der Waals surface area contributed by atoms with E-state index in [9.17, 15) is 0 Å². The first kappa shape index (κ1) is 10.8. The summed E-state index contributed by atoms with van der Waals surface area (Å²) in [5.41, 5.74) is 10.1. The van der Waals surface area contributed by atoms with Gasteiger partial charge in [-0.15, -0.1) is 0 Å². The van der Waals surface area contributed by atoms with Crippen LogP contribution in [0.1, 0.15) is 37.5 Å². The SMILES string of the molecule is C=C(N)c1ccc(C(C)(C)C)c(C)c1. The Labute approximate surface area is 86.6 Å². The second kappa shape index (κ2) is 3.49. The van der Waals surface area contributed by atoms with Gasteiger partial charge in [0.1, 0.15) is 0 Å². The van der Waals surface area contributed by atoms with Crippen molar-refractivity contribution < 1.29 is 0 Å². The molecule has 76 valence electrons. The first-order valence-electron chi connectivity index (χ1n) is 4.88. The summed E-state index contributed by atoms with van der Waals surface area (Å²) in [4.78, 5) is 0. The second-order valence-electron chi connectivity index (χ2n) is 4.80. The highest BCUT2D eigenvalue weighted by molar-refractivity contribution is 5.61. The second-order valence-corrected chi connectivity index (χ2v) is 4.80. The number of hydrogen-bond acceptors (Lipinski definition) is 1. The quantitative estimate of drug-likeness (QED) is 0.721. The molecular formula is C13H19N. The lowest BCUT2D eigenvalue weighted by Gasteiger charge is -2.22. The number of hydrogen-bond donors (Lipinski definition) is 1. The van der Waals surface area contributed by atoms with Gasteiger partial charge in [-0.2, -0.15) is 0 Å². The molecule has 1 heteroatoms. The van der Waals surface area contributed by atoms with Gasteiger partial charge in [0.05, 0.1) is 0 Å². The summed E-state index contributed by atoms with van der Waals surface area (Å²) < 4.78 is 0. The Balaban J connectivity index is 3.21. The lowest BCUT2D eigenvalue weighted by molar-refractivity contribution is 0.586. The molecule has 0 radical (unpaired) electrons. The number of aryl methyl sites for hydroxylation is 1. The molecule has 0 spiro atoms. The van der Waals surface area contributed by atoms with Crippen LogP contribution < -0.4 is 5.73 Å². The molecule has 0 atom stereocenters. The van der Waals surface area contributed by atoms with E-state index in [1.54, 1.807) is 0 Å². The monoisotopic (exact) mass is 189 g/mol. The lowest BCUT2D eigenvalue weighted by atomic mass is 9.83. The summed E-state index contributed by atoms with van der Waals surface area (Å²) in [6.45, 7) is 12.5. The summed E-state index contributed by atoms with van der Waals surface area (Å²) in [6.07, 6.45) is 0. The zero-order chi connectivity index (χ0) is 10.9. The molecule has 2 N–H and O–H groups in total. The number of rotatable bonds is 1. The van der Waals surface area contributed by atoms with E-state index in [1.165, 1.54) is 11.1 Å². The predicted octanol–water partition coefficient (Wildman–Crippen LogP) is 3.22. The van der Waals surface area contributed by atoms with Crippen LogP contribution in [0.3, 0.4) is 0 Å². The van der Waals surface area contributed by atoms with E-state index in [0.29, 0.717) is 5.70 Å². The zero-order valence-electron chi connectivity index (χ0n) is 9.52. The zero-order valence-corrected chi connectivity index (χ0v) is 9.52. The van der Waals surface area contributed by atoms with Crippen LogP contribution in [0, 0.1) is 6.92 Å². The van der Waals surface area contributed by atoms with Gasteiger partial charge in [-0.3, -0.25) is 0 Å². The van der Waals surface area contributed by atoms with Crippen LogP contribution in [0.25, 0.3) is 5.70 Å². The van der Waals surface area contributed by atoms with Crippen LogP contribution in [0.4, 0.5) is 0 Å². The van der Waals surface area contributed by atoms with Crippen molar-refractivity contribution in [3.8, 4) is 0 Å². The van der Waals surface area contributed by atoms with Gasteiger partial charge in [0.2, 0.25) is 0 Å². The summed E-state index contributed by atoms with van der Waals surface area (Å²) in [7, 11) is 0. The van der Waals surface area contributed by atoms with Crippen molar-refractivity contribution in [3.05, 3.63) is 41.5 Å². The molecule has 0 heterocycles. The Morgan fingerprint density at radius 2 is 1.86 bits per heavy atom. The molecule has 0 bridgehead atoms. The maximum Gasteiger partial charge on any atom is 0.0314 e. The standard InChI is InChI=1S/C13H19N/c1-9-8-11(10(2)14)6-7-12(9)13(3,4)5/h6-8H,2,14H2,1,3-5H3. The fraction of sp³-hybridized carbons (Fsp3) is 0.385. The molecule has 0 unspecified atom stereocenters. The Morgan fingerprint density at radius 1 is 1.29 bits per heavy atom. The molecule has 0 fully saturated rings. The first-order valence-corrected chi connectivity index (χ1v) is 4.88. The Bertz CT molecular complexity index is 356. The van der Waals surface area contributed by atoms with Gasteiger partial charge in [-0.05, 0) is 35.1 Å². The highest BCUT2D eigenvalue weighted by Crippen LogP contribution is 2.26. The minimum absolute atomic E-state index is 0.193. The van der Waals surface area contributed by atoms with Gasteiger partial charge in [0.25, 0.3) is 0 Å².